The zero-order valence-electron chi connectivity index (χ0n) is 8.98. The van der Waals surface area contributed by atoms with E-state index in [4.69, 9.17) is 16.3 Å². The normalized spacial score (nSPS) is 10.1. The highest BCUT2D eigenvalue weighted by atomic mass is 35.5. The Bertz CT molecular complexity index is 445. The maximum Gasteiger partial charge on any atom is 0.118 e. The van der Waals surface area contributed by atoms with Crippen molar-refractivity contribution in [3.8, 4) is 5.75 Å². The summed E-state index contributed by atoms with van der Waals surface area (Å²) in [4.78, 5) is 0. The van der Waals surface area contributed by atoms with Gasteiger partial charge in [0, 0.05) is 11.4 Å². The number of halogens is 1. The van der Waals surface area contributed by atoms with Crippen LogP contribution in [0, 0.1) is 6.42 Å². The van der Waals surface area contributed by atoms with Crippen LogP contribution in [-0.4, -0.2) is 7.11 Å². The third-order valence-corrected chi connectivity index (χ3v) is 2.57. The van der Waals surface area contributed by atoms with Gasteiger partial charge in [-0.2, -0.15) is 0 Å². The van der Waals surface area contributed by atoms with Gasteiger partial charge in [0.05, 0.1) is 7.11 Å². The Morgan fingerprint density at radius 3 is 1.88 bits per heavy atom. The van der Waals surface area contributed by atoms with E-state index in [-0.39, 0.29) is 0 Å². The molecule has 0 unspecified atom stereocenters. The Balaban J connectivity index is 2.11. The van der Waals surface area contributed by atoms with E-state index in [1.807, 2.05) is 48.5 Å². The quantitative estimate of drug-likeness (QED) is 0.777. The molecule has 0 aliphatic heterocycles. The second-order valence-corrected chi connectivity index (χ2v) is 3.91. The zero-order chi connectivity index (χ0) is 11.4. The summed E-state index contributed by atoms with van der Waals surface area (Å²) in [5, 5.41) is 0.756. The van der Waals surface area contributed by atoms with Gasteiger partial charge in [0.2, 0.25) is 0 Å². The van der Waals surface area contributed by atoms with Gasteiger partial charge in [0.15, 0.2) is 0 Å². The molecule has 0 heterocycles. The first-order valence-electron chi connectivity index (χ1n) is 5.02. The van der Waals surface area contributed by atoms with Gasteiger partial charge in [-0.15, -0.1) is 0 Å². The molecule has 0 spiro atoms. The Kier molecular flexibility index (Phi) is 3.47. The predicted octanol–water partition coefficient (Wildman–Crippen LogP) is 3.95. The summed E-state index contributed by atoms with van der Waals surface area (Å²) in [6, 6.07) is 15.7. The summed E-state index contributed by atoms with van der Waals surface area (Å²) in [6.07, 6.45) is 2.09. The van der Waals surface area contributed by atoms with Crippen molar-refractivity contribution in [2.45, 2.75) is 0 Å². The number of ether oxygens (including phenoxy) is 1. The summed E-state index contributed by atoms with van der Waals surface area (Å²) in [7, 11) is 1.66. The first-order chi connectivity index (χ1) is 7.78. The second-order valence-electron chi connectivity index (χ2n) is 3.47. The van der Waals surface area contributed by atoms with Crippen molar-refractivity contribution in [2.75, 3.05) is 7.11 Å². The lowest BCUT2D eigenvalue weighted by Gasteiger charge is -2.03. The van der Waals surface area contributed by atoms with Crippen LogP contribution in [0.15, 0.2) is 48.5 Å². The third kappa shape index (κ3) is 2.77. The molecule has 0 aliphatic carbocycles. The third-order valence-electron chi connectivity index (χ3n) is 2.32. The van der Waals surface area contributed by atoms with Crippen LogP contribution in [0.4, 0.5) is 0 Å². The molecule has 0 aliphatic rings. The molecule has 0 N–H and O–H groups in total. The average Bonchev–Trinajstić information content (AvgIpc) is 2.33. The lowest BCUT2D eigenvalue weighted by Crippen LogP contribution is -1.86. The summed E-state index contributed by atoms with van der Waals surface area (Å²) < 4.78 is 5.10. The van der Waals surface area contributed by atoms with Gasteiger partial charge in [-0.25, -0.2) is 0 Å². The number of rotatable bonds is 3. The summed E-state index contributed by atoms with van der Waals surface area (Å²) in [5.74, 6) is 0.869. The molecular weight excluding hydrogens is 220 g/mol. The molecule has 0 aromatic heterocycles. The van der Waals surface area contributed by atoms with E-state index in [0.717, 1.165) is 21.9 Å². The van der Waals surface area contributed by atoms with E-state index in [1.165, 1.54) is 0 Å². The van der Waals surface area contributed by atoms with E-state index in [9.17, 15) is 0 Å². The van der Waals surface area contributed by atoms with Crippen LogP contribution >= 0.6 is 11.6 Å². The summed E-state index contributed by atoms with van der Waals surface area (Å²) in [6.45, 7) is 0. The minimum atomic E-state index is 0.756. The lowest BCUT2D eigenvalue weighted by molar-refractivity contribution is 0.414. The molecule has 2 rings (SSSR count). The maximum absolute atomic E-state index is 5.82. The molecule has 16 heavy (non-hydrogen) atoms. The van der Waals surface area contributed by atoms with Crippen molar-refractivity contribution in [3.05, 3.63) is 71.1 Å². The number of benzene rings is 2. The van der Waals surface area contributed by atoms with Crippen LogP contribution in [0.5, 0.6) is 5.75 Å². The van der Waals surface area contributed by atoms with Crippen molar-refractivity contribution < 1.29 is 4.74 Å². The van der Waals surface area contributed by atoms with Gasteiger partial charge < -0.3 is 4.74 Å². The number of hydrogen-bond acceptors (Lipinski definition) is 1. The van der Waals surface area contributed by atoms with Crippen LogP contribution in [0.2, 0.25) is 5.02 Å². The van der Waals surface area contributed by atoms with E-state index in [1.54, 1.807) is 7.11 Å². The lowest BCUT2D eigenvalue weighted by atomic mass is 10.1. The highest BCUT2D eigenvalue weighted by molar-refractivity contribution is 6.30. The Labute approximate surface area is 101 Å². The van der Waals surface area contributed by atoms with Gasteiger partial charge in [-0.05, 0) is 35.4 Å². The predicted molar refractivity (Wildman–Crippen MR) is 67.0 cm³/mol. The van der Waals surface area contributed by atoms with Gasteiger partial charge in [-0.1, -0.05) is 35.9 Å². The molecule has 1 nitrogen and oxygen atoms in total. The van der Waals surface area contributed by atoms with Crippen LogP contribution in [0.3, 0.4) is 0 Å². The molecule has 0 amide bonds. The first kappa shape index (κ1) is 11.0. The molecule has 2 aromatic carbocycles. The van der Waals surface area contributed by atoms with Crippen LogP contribution in [-0.2, 0) is 0 Å². The smallest absolute Gasteiger partial charge is 0.118 e. The maximum atomic E-state index is 5.82. The van der Waals surface area contributed by atoms with Crippen molar-refractivity contribution in [1.29, 1.82) is 0 Å². The minimum absolute atomic E-state index is 0.756. The zero-order valence-corrected chi connectivity index (χ0v) is 9.74. The van der Waals surface area contributed by atoms with Crippen LogP contribution < -0.4 is 4.74 Å². The highest BCUT2D eigenvalue weighted by Crippen LogP contribution is 2.17. The fraction of sp³-hybridized carbons (Fsp3) is 0.0714. The van der Waals surface area contributed by atoms with E-state index < -0.39 is 0 Å². The monoisotopic (exact) mass is 231 g/mol. The molecule has 0 bridgehead atoms. The Hall–Kier alpha value is -1.47. The van der Waals surface area contributed by atoms with Gasteiger partial charge in [-0.3, -0.25) is 0 Å². The fourth-order valence-electron chi connectivity index (χ4n) is 1.45. The van der Waals surface area contributed by atoms with Crippen LogP contribution in [0.1, 0.15) is 11.1 Å². The molecule has 2 heteroatoms. The van der Waals surface area contributed by atoms with Gasteiger partial charge in [0.1, 0.15) is 5.75 Å². The molecule has 0 fully saturated rings. The Morgan fingerprint density at radius 1 is 0.875 bits per heavy atom. The topological polar surface area (TPSA) is 9.23 Å². The van der Waals surface area contributed by atoms with Crippen LogP contribution in [0.25, 0.3) is 0 Å². The standard InChI is InChI=1S/C14H12ClO/c1-16-14-8-4-12(5-9-14)10-11-2-6-13(15)7-3-11/h2-10H,1H3. The minimum Gasteiger partial charge on any atom is -0.497 e. The van der Waals surface area contributed by atoms with E-state index >= 15 is 0 Å². The van der Waals surface area contributed by atoms with E-state index in [2.05, 4.69) is 6.42 Å². The molecule has 2 aromatic rings. The van der Waals surface area contributed by atoms with Crippen molar-refractivity contribution in [3.63, 3.8) is 0 Å². The largest absolute Gasteiger partial charge is 0.497 e. The van der Waals surface area contributed by atoms with Crippen molar-refractivity contribution in [2.24, 2.45) is 0 Å². The van der Waals surface area contributed by atoms with Gasteiger partial charge in [0.25, 0.3) is 0 Å². The second kappa shape index (κ2) is 5.04. The Morgan fingerprint density at radius 2 is 1.38 bits per heavy atom. The van der Waals surface area contributed by atoms with Crippen molar-refractivity contribution in [1.82, 2.24) is 0 Å². The molecule has 1 radical (unpaired) electrons. The highest BCUT2D eigenvalue weighted by Gasteiger charge is 1.97. The van der Waals surface area contributed by atoms with Crippen molar-refractivity contribution >= 4 is 11.6 Å². The SMILES string of the molecule is COc1ccc([CH]c2ccc(Cl)cc2)cc1. The van der Waals surface area contributed by atoms with Gasteiger partial charge >= 0.3 is 0 Å². The molecule has 0 saturated heterocycles. The number of hydrogen-bond donors (Lipinski definition) is 0. The molecule has 81 valence electrons. The molecular formula is C14H12ClO. The van der Waals surface area contributed by atoms with E-state index in [0.29, 0.717) is 0 Å². The number of methoxy groups -OCH3 is 1. The molecule has 0 atom stereocenters. The fourth-order valence-corrected chi connectivity index (χ4v) is 1.58. The first-order valence-corrected chi connectivity index (χ1v) is 5.40. The average molecular weight is 232 g/mol. The molecule has 0 saturated carbocycles. The summed E-state index contributed by atoms with van der Waals surface area (Å²) in [5.41, 5.74) is 2.28. The summed E-state index contributed by atoms with van der Waals surface area (Å²) >= 11 is 5.82.